The van der Waals surface area contributed by atoms with E-state index < -0.39 is 30.4 Å². The molecule has 21 heavy (non-hydrogen) atoms. The summed E-state index contributed by atoms with van der Waals surface area (Å²) in [5.41, 5.74) is 0.288. The van der Waals surface area contributed by atoms with Crippen LogP contribution in [0.5, 0.6) is 0 Å². The average molecular weight is 298 g/mol. The Hall–Kier alpha value is -2.35. The van der Waals surface area contributed by atoms with Crippen LogP contribution in [0.2, 0.25) is 0 Å². The first-order chi connectivity index (χ1) is 9.95. The number of ether oxygens (including phenoxy) is 1. The number of amides is 2. The van der Waals surface area contributed by atoms with Crippen molar-refractivity contribution in [3.05, 3.63) is 24.2 Å². The van der Waals surface area contributed by atoms with Gasteiger partial charge in [-0.25, -0.2) is 0 Å². The highest BCUT2D eigenvalue weighted by Crippen LogP contribution is 2.02. The van der Waals surface area contributed by atoms with Gasteiger partial charge in [-0.05, 0) is 13.0 Å². The summed E-state index contributed by atoms with van der Waals surface area (Å²) in [4.78, 5) is 35.8. The number of nitrogens with zero attached hydrogens (tertiary/aromatic N) is 1. The van der Waals surface area contributed by atoms with Gasteiger partial charge in [-0.1, -0.05) is 0 Å². The molecule has 8 heteroatoms. The Morgan fingerprint density at radius 1 is 1.48 bits per heavy atom. The lowest BCUT2D eigenvalue weighted by atomic mass is 10.2. The second-order valence-electron chi connectivity index (χ2n) is 4.35. The Bertz CT molecular complexity index is 485. The monoisotopic (exact) mass is 298 g/mol. The predicted molar refractivity (Wildman–Crippen MR) is 71.7 cm³/mol. The number of carboxylic acid groups (broad SMARTS) is 1. The Kier molecular flexibility index (Phi) is 6.41. The SMILES string of the molecule is COCCN(CC(=O)O)C(=O)C(C)NC(=O)c1ccoc1. The molecule has 0 saturated carbocycles. The average Bonchev–Trinajstić information content (AvgIpc) is 2.96. The molecule has 1 rings (SSSR count). The van der Waals surface area contributed by atoms with Crippen LogP contribution in [-0.2, 0) is 14.3 Å². The van der Waals surface area contributed by atoms with Crippen LogP contribution in [0, 0.1) is 0 Å². The third kappa shape index (κ3) is 5.27. The van der Waals surface area contributed by atoms with Crippen LogP contribution in [0.4, 0.5) is 0 Å². The van der Waals surface area contributed by atoms with Crippen LogP contribution in [0.1, 0.15) is 17.3 Å². The van der Waals surface area contributed by atoms with E-state index in [0.717, 1.165) is 4.90 Å². The van der Waals surface area contributed by atoms with E-state index in [4.69, 9.17) is 14.3 Å². The van der Waals surface area contributed by atoms with Crippen molar-refractivity contribution in [1.82, 2.24) is 10.2 Å². The van der Waals surface area contributed by atoms with Crippen LogP contribution < -0.4 is 5.32 Å². The molecule has 1 atom stereocenters. The van der Waals surface area contributed by atoms with Crippen LogP contribution >= 0.6 is 0 Å². The number of hydrogen-bond acceptors (Lipinski definition) is 5. The first kappa shape index (κ1) is 16.7. The fourth-order valence-corrected chi connectivity index (χ4v) is 1.64. The van der Waals surface area contributed by atoms with Gasteiger partial charge in [0.1, 0.15) is 18.8 Å². The lowest BCUT2D eigenvalue weighted by Crippen LogP contribution is -2.49. The lowest BCUT2D eigenvalue weighted by Gasteiger charge is -2.24. The molecule has 116 valence electrons. The summed E-state index contributed by atoms with van der Waals surface area (Å²) in [5, 5.41) is 11.3. The number of hydrogen-bond donors (Lipinski definition) is 2. The van der Waals surface area contributed by atoms with Crippen molar-refractivity contribution >= 4 is 17.8 Å². The highest BCUT2D eigenvalue weighted by molar-refractivity contribution is 5.97. The molecule has 0 spiro atoms. The first-order valence-electron chi connectivity index (χ1n) is 6.28. The van der Waals surface area contributed by atoms with E-state index in [0.29, 0.717) is 0 Å². The van der Waals surface area contributed by atoms with Crippen LogP contribution in [0.15, 0.2) is 23.0 Å². The van der Waals surface area contributed by atoms with E-state index in [2.05, 4.69) is 5.32 Å². The van der Waals surface area contributed by atoms with Gasteiger partial charge in [-0.3, -0.25) is 14.4 Å². The van der Waals surface area contributed by atoms with Gasteiger partial charge in [0.05, 0.1) is 18.4 Å². The molecule has 1 aromatic rings. The third-order valence-electron chi connectivity index (χ3n) is 2.70. The maximum absolute atomic E-state index is 12.2. The molecule has 0 bridgehead atoms. The maximum Gasteiger partial charge on any atom is 0.323 e. The highest BCUT2D eigenvalue weighted by atomic mass is 16.5. The van der Waals surface area contributed by atoms with Crippen molar-refractivity contribution < 1.29 is 28.6 Å². The summed E-state index contributed by atoms with van der Waals surface area (Å²) < 4.78 is 9.62. The summed E-state index contributed by atoms with van der Waals surface area (Å²) in [6.45, 7) is 1.38. The molecule has 0 saturated heterocycles. The van der Waals surface area contributed by atoms with E-state index in [1.807, 2.05) is 0 Å². The number of carboxylic acids is 1. The summed E-state index contributed by atoms with van der Waals surface area (Å²) in [7, 11) is 1.45. The zero-order chi connectivity index (χ0) is 15.8. The van der Waals surface area contributed by atoms with Crippen molar-refractivity contribution in [3.8, 4) is 0 Å². The first-order valence-corrected chi connectivity index (χ1v) is 6.28. The molecule has 0 aliphatic carbocycles. The summed E-state index contributed by atoms with van der Waals surface area (Å²) >= 11 is 0. The highest BCUT2D eigenvalue weighted by Gasteiger charge is 2.24. The van der Waals surface area contributed by atoms with Crippen LogP contribution in [0.3, 0.4) is 0 Å². The van der Waals surface area contributed by atoms with Crippen molar-refractivity contribution in [2.75, 3.05) is 26.8 Å². The number of carbonyl (C=O) groups is 3. The Morgan fingerprint density at radius 3 is 2.71 bits per heavy atom. The Balaban J connectivity index is 2.64. The van der Waals surface area contributed by atoms with Crippen molar-refractivity contribution in [2.45, 2.75) is 13.0 Å². The molecule has 0 aromatic carbocycles. The summed E-state index contributed by atoms with van der Waals surface area (Å²) in [6.07, 6.45) is 2.60. The molecule has 1 heterocycles. The zero-order valence-electron chi connectivity index (χ0n) is 11.9. The fourth-order valence-electron chi connectivity index (χ4n) is 1.64. The summed E-state index contributed by atoms with van der Waals surface area (Å²) in [5.74, 6) is -2.09. The van der Waals surface area contributed by atoms with E-state index in [1.54, 1.807) is 0 Å². The quantitative estimate of drug-likeness (QED) is 0.697. The Morgan fingerprint density at radius 2 is 2.19 bits per heavy atom. The van der Waals surface area contributed by atoms with E-state index in [1.165, 1.54) is 32.6 Å². The number of aliphatic carboxylic acids is 1. The number of rotatable bonds is 8. The van der Waals surface area contributed by atoms with Gasteiger partial charge in [0.2, 0.25) is 5.91 Å². The molecule has 1 unspecified atom stereocenters. The molecule has 0 aliphatic rings. The second kappa shape index (κ2) is 8.05. The molecule has 2 amide bonds. The fraction of sp³-hybridized carbons (Fsp3) is 0.462. The molecular formula is C13H18N2O6. The maximum atomic E-state index is 12.2. The minimum absolute atomic E-state index is 0.132. The second-order valence-corrected chi connectivity index (χ2v) is 4.35. The number of nitrogens with one attached hydrogen (secondary N) is 1. The Labute approximate surface area is 121 Å². The normalized spacial score (nSPS) is 11.7. The van der Waals surface area contributed by atoms with Gasteiger partial charge >= 0.3 is 5.97 Å². The number of furan rings is 1. The van der Waals surface area contributed by atoms with E-state index in [-0.39, 0.29) is 18.7 Å². The summed E-state index contributed by atoms with van der Waals surface area (Å²) in [6, 6.07) is 0.607. The van der Waals surface area contributed by atoms with Crippen molar-refractivity contribution in [3.63, 3.8) is 0 Å². The molecule has 2 N–H and O–H groups in total. The molecular weight excluding hydrogens is 280 g/mol. The van der Waals surface area contributed by atoms with E-state index >= 15 is 0 Å². The molecule has 8 nitrogen and oxygen atoms in total. The van der Waals surface area contributed by atoms with Gasteiger partial charge in [-0.15, -0.1) is 0 Å². The van der Waals surface area contributed by atoms with Gasteiger partial charge < -0.3 is 24.5 Å². The van der Waals surface area contributed by atoms with Gasteiger partial charge in [-0.2, -0.15) is 0 Å². The smallest absolute Gasteiger partial charge is 0.323 e. The van der Waals surface area contributed by atoms with E-state index in [9.17, 15) is 14.4 Å². The van der Waals surface area contributed by atoms with Crippen LogP contribution in [-0.4, -0.2) is 60.6 Å². The number of methoxy groups -OCH3 is 1. The molecule has 0 radical (unpaired) electrons. The van der Waals surface area contributed by atoms with Crippen LogP contribution in [0.25, 0.3) is 0 Å². The zero-order valence-corrected chi connectivity index (χ0v) is 11.9. The predicted octanol–water partition coefficient (Wildman–Crippen LogP) is -0.0425. The van der Waals surface area contributed by atoms with Crippen molar-refractivity contribution in [1.29, 1.82) is 0 Å². The third-order valence-corrected chi connectivity index (χ3v) is 2.70. The minimum atomic E-state index is -1.13. The minimum Gasteiger partial charge on any atom is -0.480 e. The van der Waals surface area contributed by atoms with Gasteiger partial charge in [0, 0.05) is 13.7 Å². The largest absolute Gasteiger partial charge is 0.480 e. The van der Waals surface area contributed by atoms with Crippen molar-refractivity contribution in [2.24, 2.45) is 0 Å². The molecule has 0 aliphatic heterocycles. The standard InChI is InChI=1S/C13H18N2O6/c1-9(14-12(18)10-3-5-21-8-10)13(19)15(4-6-20-2)7-11(16)17/h3,5,8-9H,4,6-7H2,1-2H3,(H,14,18)(H,16,17). The molecule has 0 fully saturated rings. The number of carbonyl (C=O) groups excluding carboxylic acids is 2. The van der Waals surface area contributed by atoms with Gasteiger partial charge in [0.15, 0.2) is 0 Å². The topological polar surface area (TPSA) is 109 Å². The van der Waals surface area contributed by atoms with Gasteiger partial charge in [0.25, 0.3) is 5.91 Å². The lowest BCUT2D eigenvalue weighted by molar-refractivity contribution is -0.145. The molecule has 1 aromatic heterocycles.